The van der Waals surface area contributed by atoms with Crippen LogP contribution in [-0.4, -0.2) is 34.6 Å². The number of halogens is 1. The zero-order valence-electron chi connectivity index (χ0n) is 10.7. The van der Waals surface area contributed by atoms with Gasteiger partial charge >= 0.3 is 0 Å². The summed E-state index contributed by atoms with van der Waals surface area (Å²) in [4.78, 5) is 6.55. The molecule has 3 heterocycles. The molecule has 2 aromatic heterocycles. The number of hydrogen-bond acceptors (Lipinski definition) is 3. The molecule has 4 nitrogen and oxygen atoms in total. The van der Waals surface area contributed by atoms with E-state index in [1.165, 1.54) is 0 Å². The van der Waals surface area contributed by atoms with E-state index in [2.05, 4.69) is 33.4 Å². The number of pyridine rings is 1. The first-order valence-corrected chi connectivity index (χ1v) is 6.55. The van der Waals surface area contributed by atoms with Crippen LogP contribution in [0.3, 0.4) is 0 Å². The molecule has 1 aliphatic heterocycles. The Labute approximate surface area is 112 Å². The van der Waals surface area contributed by atoms with E-state index >= 15 is 0 Å². The third-order valence-electron chi connectivity index (χ3n) is 3.36. The standard InChI is InChI=1S/C13H17ClN4/c1-13(2)8-17(4-3-16-13)12-6-10(14)5-11-7-15-9-18(11)12/h5-7,9,16H,3-4,8H2,1-2H3. The Hall–Kier alpha value is -1.26. The highest BCUT2D eigenvalue weighted by atomic mass is 35.5. The molecule has 18 heavy (non-hydrogen) atoms. The lowest BCUT2D eigenvalue weighted by molar-refractivity contribution is 0.351. The highest BCUT2D eigenvalue weighted by Gasteiger charge is 2.27. The van der Waals surface area contributed by atoms with Gasteiger partial charge in [0.1, 0.15) is 12.1 Å². The molecule has 5 heteroatoms. The molecule has 0 unspecified atom stereocenters. The highest BCUT2D eigenvalue weighted by molar-refractivity contribution is 6.31. The van der Waals surface area contributed by atoms with Gasteiger partial charge in [0.05, 0.1) is 11.7 Å². The summed E-state index contributed by atoms with van der Waals surface area (Å²) < 4.78 is 2.09. The molecule has 1 fully saturated rings. The molecule has 1 N–H and O–H groups in total. The average Bonchev–Trinajstić information content (AvgIpc) is 2.74. The van der Waals surface area contributed by atoms with Crippen molar-refractivity contribution in [2.45, 2.75) is 19.4 Å². The Morgan fingerprint density at radius 2 is 2.22 bits per heavy atom. The fourth-order valence-corrected chi connectivity index (χ4v) is 2.77. The van der Waals surface area contributed by atoms with Crippen molar-refractivity contribution in [1.82, 2.24) is 14.7 Å². The maximum absolute atomic E-state index is 6.19. The molecular weight excluding hydrogens is 248 g/mol. The van der Waals surface area contributed by atoms with Gasteiger partial charge in [0.15, 0.2) is 0 Å². The lowest BCUT2D eigenvalue weighted by Crippen LogP contribution is -2.57. The normalized spacial score (nSPS) is 19.4. The first-order chi connectivity index (χ1) is 8.55. The largest absolute Gasteiger partial charge is 0.355 e. The van der Waals surface area contributed by atoms with Gasteiger partial charge in [0, 0.05) is 30.2 Å². The molecule has 0 bridgehead atoms. The number of nitrogens with one attached hydrogen (secondary N) is 1. The van der Waals surface area contributed by atoms with Crippen molar-refractivity contribution >= 4 is 22.9 Å². The van der Waals surface area contributed by atoms with Crippen LogP contribution >= 0.6 is 11.6 Å². The van der Waals surface area contributed by atoms with Crippen LogP contribution in [0.4, 0.5) is 5.82 Å². The molecule has 0 radical (unpaired) electrons. The first-order valence-electron chi connectivity index (χ1n) is 6.17. The second-order valence-corrected chi connectivity index (χ2v) is 5.89. The fourth-order valence-electron chi connectivity index (χ4n) is 2.56. The summed E-state index contributed by atoms with van der Waals surface area (Å²) in [7, 11) is 0. The van der Waals surface area contributed by atoms with Crippen molar-refractivity contribution in [2.24, 2.45) is 0 Å². The van der Waals surface area contributed by atoms with E-state index in [1.54, 1.807) is 0 Å². The molecule has 0 amide bonds. The predicted molar refractivity (Wildman–Crippen MR) is 74.5 cm³/mol. The van der Waals surface area contributed by atoms with Gasteiger partial charge in [0.25, 0.3) is 0 Å². The Morgan fingerprint density at radius 3 is 3.00 bits per heavy atom. The Bertz CT molecular complexity index is 575. The van der Waals surface area contributed by atoms with E-state index in [9.17, 15) is 0 Å². The summed E-state index contributed by atoms with van der Waals surface area (Å²) in [5, 5.41) is 4.27. The maximum Gasteiger partial charge on any atom is 0.115 e. The van der Waals surface area contributed by atoms with Gasteiger partial charge in [-0.25, -0.2) is 4.98 Å². The average molecular weight is 265 g/mol. The number of nitrogens with zero attached hydrogens (tertiary/aromatic N) is 3. The number of anilines is 1. The molecule has 2 aromatic rings. The quantitative estimate of drug-likeness (QED) is 0.857. The van der Waals surface area contributed by atoms with E-state index in [0.29, 0.717) is 0 Å². The molecule has 1 aliphatic rings. The second-order valence-electron chi connectivity index (χ2n) is 5.45. The van der Waals surface area contributed by atoms with Crippen LogP contribution in [0.15, 0.2) is 24.7 Å². The zero-order valence-corrected chi connectivity index (χ0v) is 11.4. The number of aromatic nitrogens is 2. The van der Waals surface area contributed by atoms with Gasteiger partial charge in [-0.3, -0.25) is 4.40 Å². The number of fused-ring (bicyclic) bond motifs is 1. The smallest absolute Gasteiger partial charge is 0.115 e. The fraction of sp³-hybridized carbons (Fsp3) is 0.462. The zero-order chi connectivity index (χ0) is 12.8. The summed E-state index contributed by atoms with van der Waals surface area (Å²) in [6.07, 6.45) is 3.68. The molecule has 96 valence electrons. The van der Waals surface area contributed by atoms with Gasteiger partial charge in [-0.15, -0.1) is 0 Å². The van der Waals surface area contributed by atoms with Gasteiger partial charge in [0.2, 0.25) is 0 Å². The van der Waals surface area contributed by atoms with E-state index in [0.717, 1.165) is 36.0 Å². The molecule has 0 atom stereocenters. The summed E-state index contributed by atoms with van der Waals surface area (Å²) in [6, 6.07) is 3.95. The summed E-state index contributed by atoms with van der Waals surface area (Å²) >= 11 is 6.19. The van der Waals surface area contributed by atoms with Gasteiger partial charge in [-0.05, 0) is 26.0 Å². The minimum absolute atomic E-state index is 0.119. The minimum atomic E-state index is 0.119. The van der Waals surface area contributed by atoms with E-state index in [-0.39, 0.29) is 5.54 Å². The maximum atomic E-state index is 6.19. The van der Waals surface area contributed by atoms with Gasteiger partial charge in [-0.1, -0.05) is 11.6 Å². The van der Waals surface area contributed by atoms with Crippen molar-refractivity contribution in [3.8, 4) is 0 Å². The number of hydrogen-bond donors (Lipinski definition) is 1. The predicted octanol–water partition coefficient (Wildman–Crippen LogP) is 2.18. The molecule has 1 saturated heterocycles. The lowest BCUT2D eigenvalue weighted by atomic mass is 10.0. The minimum Gasteiger partial charge on any atom is -0.355 e. The van der Waals surface area contributed by atoms with Crippen LogP contribution < -0.4 is 10.2 Å². The topological polar surface area (TPSA) is 32.6 Å². The van der Waals surface area contributed by atoms with Crippen molar-refractivity contribution in [2.75, 3.05) is 24.5 Å². The number of rotatable bonds is 1. The lowest BCUT2D eigenvalue weighted by Gasteiger charge is -2.40. The third kappa shape index (κ3) is 2.06. The van der Waals surface area contributed by atoms with E-state index in [1.807, 2.05) is 24.7 Å². The Kier molecular flexibility index (Phi) is 2.72. The summed E-state index contributed by atoms with van der Waals surface area (Å²) in [5.41, 5.74) is 1.15. The van der Waals surface area contributed by atoms with Gasteiger partial charge < -0.3 is 10.2 Å². The van der Waals surface area contributed by atoms with E-state index < -0.39 is 0 Å². The molecule has 0 saturated carbocycles. The molecule has 0 aliphatic carbocycles. The Morgan fingerprint density at radius 1 is 1.39 bits per heavy atom. The van der Waals surface area contributed by atoms with Crippen LogP contribution in [0, 0.1) is 0 Å². The molecule has 0 spiro atoms. The van der Waals surface area contributed by atoms with Crippen molar-refractivity contribution in [3.05, 3.63) is 29.7 Å². The van der Waals surface area contributed by atoms with Crippen LogP contribution in [0.1, 0.15) is 13.8 Å². The number of piperazine rings is 1. The van der Waals surface area contributed by atoms with Gasteiger partial charge in [-0.2, -0.15) is 0 Å². The van der Waals surface area contributed by atoms with Crippen molar-refractivity contribution < 1.29 is 0 Å². The summed E-state index contributed by atoms with van der Waals surface area (Å²) in [6.45, 7) is 7.36. The molecular formula is C13H17ClN4. The third-order valence-corrected chi connectivity index (χ3v) is 3.58. The van der Waals surface area contributed by atoms with Crippen LogP contribution in [0.25, 0.3) is 5.52 Å². The SMILES string of the molecule is CC1(C)CN(c2cc(Cl)cc3cncn23)CCN1. The second kappa shape index (κ2) is 4.14. The van der Waals surface area contributed by atoms with Crippen LogP contribution in [-0.2, 0) is 0 Å². The van der Waals surface area contributed by atoms with Crippen molar-refractivity contribution in [1.29, 1.82) is 0 Å². The highest BCUT2D eigenvalue weighted by Crippen LogP contribution is 2.25. The molecule has 3 rings (SSSR count). The molecule has 0 aromatic carbocycles. The summed E-state index contributed by atoms with van der Waals surface area (Å²) in [5.74, 6) is 1.12. The van der Waals surface area contributed by atoms with Crippen LogP contribution in [0.2, 0.25) is 5.02 Å². The number of imidazole rings is 1. The first kappa shape index (κ1) is 11.8. The van der Waals surface area contributed by atoms with E-state index in [4.69, 9.17) is 11.6 Å². The van der Waals surface area contributed by atoms with Crippen LogP contribution in [0.5, 0.6) is 0 Å². The van der Waals surface area contributed by atoms with Crippen molar-refractivity contribution in [3.63, 3.8) is 0 Å². The monoisotopic (exact) mass is 264 g/mol. The Balaban J connectivity index is 2.05.